The monoisotopic (exact) mass is 125 g/mol. The lowest BCUT2D eigenvalue weighted by Gasteiger charge is -1.88. The molecule has 0 rings (SSSR count). The summed E-state index contributed by atoms with van der Waals surface area (Å²) in [5, 5.41) is 2.75. The van der Waals surface area contributed by atoms with Crippen LogP contribution in [0.4, 0.5) is 0 Å². The molecule has 0 amide bonds. The molecule has 0 fully saturated rings. The minimum Gasteiger partial charge on any atom is -0.308 e. The van der Waals surface area contributed by atoms with Gasteiger partial charge in [0.2, 0.25) is 0 Å². The third kappa shape index (κ3) is 6.86. The molecule has 0 radical (unpaired) electrons. The molecule has 0 aromatic rings. The van der Waals surface area contributed by atoms with Crippen LogP contribution in [0.5, 0.6) is 0 Å². The summed E-state index contributed by atoms with van der Waals surface area (Å²) in [4.78, 5) is 19.1. The van der Waals surface area contributed by atoms with Crippen molar-refractivity contribution in [3.8, 4) is 0 Å². The van der Waals surface area contributed by atoms with Crippen molar-refractivity contribution in [3.63, 3.8) is 0 Å². The molecule has 0 heterocycles. The predicted molar refractivity (Wildman–Crippen MR) is 33.4 cm³/mol. The first kappa shape index (κ1) is 7.86. The second-order valence-corrected chi connectivity index (χ2v) is 1.30. The topological polar surface area (TPSA) is 46.2 Å². The zero-order chi connectivity index (χ0) is 6.95. The molecule has 0 aliphatic rings. The quantitative estimate of drug-likeness (QED) is 0.401. The molecule has 9 heavy (non-hydrogen) atoms. The molecule has 3 heteroatoms. The normalized spacial score (nSPS) is 7.11. The number of hydrogen-bond acceptors (Lipinski definition) is 3. The first-order chi connectivity index (χ1) is 4.41. The Balaban J connectivity index is 3.09. The molecular formula is C6H7NO2. The maximum atomic E-state index is 9.53. The van der Waals surface area contributed by atoms with Gasteiger partial charge in [0.1, 0.15) is 11.9 Å². The van der Waals surface area contributed by atoms with Gasteiger partial charge in [-0.25, -0.2) is 9.59 Å². The zero-order valence-corrected chi connectivity index (χ0v) is 4.89. The van der Waals surface area contributed by atoms with E-state index >= 15 is 0 Å². The fraction of sp³-hybridized carbons (Fsp3) is 0.333. The summed E-state index contributed by atoms with van der Waals surface area (Å²) in [5.41, 5.74) is 0. The molecule has 0 bridgehead atoms. The van der Waals surface area contributed by atoms with Crippen LogP contribution in [0.3, 0.4) is 0 Å². The Bertz CT molecular complexity index is 134. The Kier molecular flexibility index (Phi) is 5.99. The Labute approximate surface area is 53.1 Å². The van der Waals surface area contributed by atoms with Crippen molar-refractivity contribution in [2.45, 2.75) is 0 Å². The van der Waals surface area contributed by atoms with Crippen LogP contribution in [-0.2, 0) is 9.59 Å². The van der Waals surface area contributed by atoms with Gasteiger partial charge in [0, 0.05) is 25.2 Å². The molecule has 0 spiro atoms. The molecule has 48 valence electrons. The maximum absolute atomic E-state index is 9.53. The zero-order valence-electron chi connectivity index (χ0n) is 4.89. The molecular weight excluding hydrogens is 118 g/mol. The average Bonchev–Trinajstić information content (AvgIpc) is 1.89. The van der Waals surface area contributed by atoms with Crippen LogP contribution in [0, 0.1) is 0 Å². The van der Waals surface area contributed by atoms with E-state index in [4.69, 9.17) is 0 Å². The van der Waals surface area contributed by atoms with Crippen LogP contribution < -0.4 is 5.32 Å². The Morgan fingerprint density at radius 1 is 1.11 bits per heavy atom. The van der Waals surface area contributed by atoms with Crippen LogP contribution >= 0.6 is 0 Å². The SMILES string of the molecule is O=C=CCNCC=C=O. The van der Waals surface area contributed by atoms with Gasteiger partial charge in [-0.15, -0.1) is 0 Å². The molecule has 0 aliphatic heterocycles. The minimum atomic E-state index is 0.446. The van der Waals surface area contributed by atoms with E-state index < -0.39 is 0 Å². The van der Waals surface area contributed by atoms with E-state index in [2.05, 4.69) is 5.32 Å². The Morgan fingerprint density at radius 2 is 1.56 bits per heavy atom. The van der Waals surface area contributed by atoms with Crippen LogP contribution in [0.2, 0.25) is 0 Å². The van der Waals surface area contributed by atoms with Gasteiger partial charge in [-0.05, 0) is 0 Å². The standard InChI is InChI=1S/C6H7NO2/c8-5-1-3-7-4-2-6-9/h1-2,7H,3-4H2. The molecule has 0 aromatic heterocycles. The average molecular weight is 125 g/mol. The smallest absolute Gasteiger partial charge is 0.121 e. The van der Waals surface area contributed by atoms with E-state index in [1.54, 1.807) is 11.9 Å². The van der Waals surface area contributed by atoms with Gasteiger partial charge in [0.25, 0.3) is 0 Å². The van der Waals surface area contributed by atoms with Crippen molar-refractivity contribution >= 4 is 11.9 Å². The molecule has 0 saturated heterocycles. The first-order valence-corrected chi connectivity index (χ1v) is 2.51. The minimum absolute atomic E-state index is 0.446. The number of carbonyl (C=O) groups excluding carboxylic acids is 2. The van der Waals surface area contributed by atoms with E-state index in [1.807, 2.05) is 0 Å². The fourth-order valence-electron chi connectivity index (χ4n) is 0.311. The third-order valence-electron chi connectivity index (χ3n) is 0.659. The van der Waals surface area contributed by atoms with Gasteiger partial charge in [0.05, 0.1) is 0 Å². The van der Waals surface area contributed by atoms with E-state index in [-0.39, 0.29) is 0 Å². The lowest BCUT2D eigenvalue weighted by molar-refractivity contribution is 0.568. The summed E-state index contributed by atoms with van der Waals surface area (Å²) in [6, 6.07) is 0. The third-order valence-corrected chi connectivity index (χ3v) is 0.659. The second-order valence-electron chi connectivity index (χ2n) is 1.30. The van der Waals surface area contributed by atoms with Gasteiger partial charge in [-0.2, -0.15) is 0 Å². The van der Waals surface area contributed by atoms with Crippen LogP contribution in [0.25, 0.3) is 0 Å². The fourth-order valence-corrected chi connectivity index (χ4v) is 0.311. The Hall–Kier alpha value is -1.14. The summed E-state index contributed by atoms with van der Waals surface area (Å²) in [7, 11) is 0. The Morgan fingerprint density at radius 3 is 1.89 bits per heavy atom. The lowest BCUT2D eigenvalue weighted by Crippen LogP contribution is -2.12. The molecule has 1 N–H and O–H groups in total. The van der Waals surface area contributed by atoms with Gasteiger partial charge in [-0.1, -0.05) is 0 Å². The predicted octanol–water partition coefficient (Wildman–Crippen LogP) is -0.648. The largest absolute Gasteiger partial charge is 0.308 e. The molecule has 3 nitrogen and oxygen atoms in total. The van der Waals surface area contributed by atoms with Crippen molar-refractivity contribution in [2.75, 3.05) is 13.1 Å². The molecule has 0 unspecified atom stereocenters. The second kappa shape index (κ2) is 6.86. The molecule has 0 atom stereocenters. The van der Waals surface area contributed by atoms with Gasteiger partial charge in [-0.3, -0.25) is 0 Å². The van der Waals surface area contributed by atoms with Gasteiger partial charge < -0.3 is 5.32 Å². The maximum Gasteiger partial charge on any atom is 0.121 e. The number of hydrogen-bond donors (Lipinski definition) is 1. The van der Waals surface area contributed by atoms with Crippen molar-refractivity contribution in [1.82, 2.24) is 5.32 Å². The number of nitrogens with one attached hydrogen (secondary N) is 1. The van der Waals surface area contributed by atoms with Crippen LogP contribution in [-0.4, -0.2) is 25.0 Å². The van der Waals surface area contributed by atoms with Crippen molar-refractivity contribution in [1.29, 1.82) is 0 Å². The summed E-state index contributed by atoms with van der Waals surface area (Å²) in [6.07, 6.45) is 2.61. The highest BCUT2D eigenvalue weighted by molar-refractivity contribution is 5.46. The van der Waals surface area contributed by atoms with Crippen molar-refractivity contribution < 1.29 is 9.59 Å². The van der Waals surface area contributed by atoms with Crippen LogP contribution in [0.15, 0.2) is 12.2 Å². The molecule has 0 aliphatic carbocycles. The van der Waals surface area contributed by atoms with Gasteiger partial charge in [0.15, 0.2) is 0 Å². The van der Waals surface area contributed by atoms with Crippen molar-refractivity contribution in [3.05, 3.63) is 12.2 Å². The highest BCUT2D eigenvalue weighted by Gasteiger charge is 1.74. The van der Waals surface area contributed by atoms with E-state index in [0.29, 0.717) is 13.1 Å². The summed E-state index contributed by atoms with van der Waals surface area (Å²) in [5.74, 6) is 3.19. The first-order valence-electron chi connectivity index (χ1n) is 2.51. The summed E-state index contributed by atoms with van der Waals surface area (Å²) in [6.45, 7) is 0.892. The van der Waals surface area contributed by atoms with Crippen molar-refractivity contribution in [2.24, 2.45) is 0 Å². The van der Waals surface area contributed by atoms with Gasteiger partial charge >= 0.3 is 0 Å². The summed E-state index contributed by atoms with van der Waals surface area (Å²) < 4.78 is 0. The molecule has 0 saturated carbocycles. The van der Waals surface area contributed by atoms with Crippen LogP contribution in [0.1, 0.15) is 0 Å². The van der Waals surface area contributed by atoms with E-state index in [9.17, 15) is 9.59 Å². The highest BCUT2D eigenvalue weighted by atomic mass is 16.1. The number of rotatable bonds is 4. The molecule has 0 aromatic carbocycles. The highest BCUT2D eigenvalue weighted by Crippen LogP contribution is 1.58. The summed E-state index contributed by atoms with van der Waals surface area (Å²) >= 11 is 0. The lowest BCUT2D eigenvalue weighted by atomic mass is 10.5. The van der Waals surface area contributed by atoms with E-state index in [1.165, 1.54) is 12.2 Å². The van der Waals surface area contributed by atoms with E-state index in [0.717, 1.165) is 0 Å².